The van der Waals surface area contributed by atoms with Crippen LogP contribution in [0.5, 0.6) is 0 Å². The minimum Gasteiger partial charge on any atom is -0.382 e. The number of hydrogen-bond acceptors (Lipinski definition) is 5. The van der Waals surface area contributed by atoms with Crippen LogP contribution in [0.15, 0.2) is 0 Å². The standard InChI is InChI=1S/C15H32N2O3/c1-5-14-12-17(15(2,3)13-16-14)6-7-19-10-11-20-9-8-18-4/h14,16H,5-13H2,1-4H3. The van der Waals surface area contributed by atoms with Crippen molar-refractivity contribution in [2.75, 3.05) is 59.8 Å². The lowest BCUT2D eigenvalue weighted by atomic mass is 9.96. The van der Waals surface area contributed by atoms with Crippen LogP contribution in [-0.2, 0) is 14.2 Å². The van der Waals surface area contributed by atoms with Crippen LogP contribution in [0, 0.1) is 0 Å². The van der Waals surface area contributed by atoms with Crippen molar-refractivity contribution in [1.29, 1.82) is 0 Å². The van der Waals surface area contributed by atoms with Gasteiger partial charge in [-0.15, -0.1) is 0 Å². The maximum atomic E-state index is 5.65. The van der Waals surface area contributed by atoms with Crippen LogP contribution in [0.25, 0.3) is 0 Å². The molecule has 5 nitrogen and oxygen atoms in total. The summed E-state index contributed by atoms with van der Waals surface area (Å²) >= 11 is 0. The second-order valence-electron chi connectivity index (χ2n) is 5.96. The fraction of sp³-hybridized carbons (Fsp3) is 1.00. The van der Waals surface area contributed by atoms with Gasteiger partial charge >= 0.3 is 0 Å². The summed E-state index contributed by atoms with van der Waals surface area (Å²) in [5.74, 6) is 0. The molecule has 0 radical (unpaired) electrons. The quantitative estimate of drug-likeness (QED) is 0.610. The van der Waals surface area contributed by atoms with Gasteiger partial charge in [0.15, 0.2) is 0 Å². The zero-order chi connectivity index (χ0) is 14.8. The molecular weight excluding hydrogens is 256 g/mol. The van der Waals surface area contributed by atoms with E-state index in [0.717, 1.165) is 26.2 Å². The van der Waals surface area contributed by atoms with E-state index in [1.807, 2.05) is 0 Å². The maximum Gasteiger partial charge on any atom is 0.0701 e. The predicted octanol–water partition coefficient (Wildman–Crippen LogP) is 1.13. The largest absolute Gasteiger partial charge is 0.382 e. The number of rotatable bonds is 10. The average molecular weight is 288 g/mol. The first-order chi connectivity index (χ1) is 9.60. The molecule has 5 heteroatoms. The molecule has 1 heterocycles. The van der Waals surface area contributed by atoms with Gasteiger partial charge in [-0.1, -0.05) is 6.92 Å². The fourth-order valence-electron chi connectivity index (χ4n) is 2.39. The van der Waals surface area contributed by atoms with Gasteiger partial charge in [-0.3, -0.25) is 4.90 Å². The lowest BCUT2D eigenvalue weighted by Gasteiger charge is -2.46. The monoisotopic (exact) mass is 288 g/mol. The first-order valence-corrected chi connectivity index (χ1v) is 7.73. The minimum absolute atomic E-state index is 0.212. The molecule has 0 amide bonds. The van der Waals surface area contributed by atoms with E-state index in [1.165, 1.54) is 6.42 Å². The number of piperazine rings is 1. The van der Waals surface area contributed by atoms with Crippen LogP contribution in [0.4, 0.5) is 0 Å². The Hall–Kier alpha value is -0.200. The van der Waals surface area contributed by atoms with E-state index in [1.54, 1.807) is 7.11 Å². The summed E-state index contributed by atoms with van der Waals surface area (Å²) in [5.41, 5.74) is 0.212. The Bertz CT molecular complexity index is 249. The highest BCUT2D eigenvalue weighted by molar-refractivity contribution is 4.92. The maximum absolute atomic E-state index is 5.65. The van der Waals surface area contributed by atoms with Crippen molar-refractivity contribution in [3.05, 3.63) is 0 Å². The Balaban J connectivity index is 2.10. The second-order valence-corrected chi connectivity index (χ2v) is 5.96. The summed E-state index contributed by atoms with van der Waals surface area (Å²) < 4.78 is 15.9. The second kappa shape index (κ2) is 9.68. The highest BCUT2D eigenvalue weighted by Crippen LogP contribution is 2.18. The summed E-state index contributed by atoms with van der Waals surface area (Å²) in [5, 5.41) is 3.60. The van der Waals surface area contributed by atoms with E-state index in [9.17, 15) is 0 Å². The molecule has 0 saturated carbocycles. The molecule has 1 rings (SSSR count). The van der Waals surface area contributed by atoms with Crippen molar-refractivity contribution in [3.63, 3.8) is 0 Å². The summed E-state index contributed by atoms with van der Waals surface area (Å²) in [4.78, 5) is 2.53. The molecule has 1 fully saturated rings. The van der Waals surface area contributed by atoms with Gasteiger partial charge in [-0.2, -0.15) is 0 Å². The SMILES string of the molecule is CCC1CN(CCOCCOCCOC)C(C)(C)CN1. The summed E-state index contributed by atoms with van der Waals surface area (Å²) in [6.45, 7) is 13.3. The first-order valence-electron chi connectivity index (χ1n) is 7.73. The molecule has 1 atom stereocenters. The minimum atomic E-state index is 0.212. The van der Waals surface area contributed by atoms with E-state index in [2.05, 4.69) is 31.0 Å². The zero-order valence-corrected chi connectivity index (χ0v) is 13.6. The molecule has 1 N–H and O–H groups in total. The van der Waals surface area contributed by atoms with Gasteiger partial charge in [0.1, 0.15) is 0 Å². The van der Waals surface area contributed by atoms with E-state index < -0.39 is 0 Å². The molecule has 1 saturated heterocycles. The summed E-state index contributed by atoms with van der Waals surface area (Å²) in [7, 11) is 1.68. The highest BCUT2D eigenvalue weighted by Gasteiger charge is 2.32. The van der Waals surface area contributed by atoms with Crippen LogP contribution in [-0.4, -0.2) is 76.3 Å². The third-order valence-corrected chi connectivity index (χ3v) is 3.92. The third kappa shape index (κ3) is 6.50. The first kappa shape index (κ1) is 17.9. The Kier molecular flexibility index (Phi) is 8.64. The van der Waals surface area contributed by atoms with Crippen LogP contribution in [0.3, 0.4) is 0 Å². The number of methoxy groups -OCH3 is 1. The van der Waals surface area contributed by atoms with Gasteiger partial charge in [0, 0.05) is 38.3 Å². The van der Waals surface area contributed by atoms with E-state index in [4.69, 9.17) is 14.2 Å². The van der Waals surface area contributed by atoms with Gasteiger partial charge < -0.3 is 19.5 Å². The molecule has 0 aromatic rings. The van der Waals surface area contributed by atoms with Crippen LogP contribution >= 0.6 is 0 Å². The van der Waals surface area contributed by atoms with Crippen molar-refractivity contribution >= 4 is 0 Å². The normalized spacial score (nSPS) is 23.1. The lowest BCUT2D eigenvalue weighted by Crippen LogP contribution is -2.62. The molecule has 120 valence electrons. The van der Waals surface area contributed by atoms with Gasteiger partial charge in [0.2, 0.25) is 0 Å². The summed E-state index contributed by atoms with van der Waals surface area (Å²) in [6.07, 6.45) is 1.18. The van der Waals surface area contributed by atoms with Gasteiger partial charge in [-0.05, 0) is 20.3 Å². The number of nitrogens with one attached hydrogen (secondary N) is 1. The molecule has 20 heavy (non-hydrogen) atoms. The molecule has 0 aliphatic carbocycles. The van der Waals surface area contributed by atoms with E-state index in [0.29, 0.717) is 32.5 Å². The van der Waals surface area contributed by atoms with Crippen LogP contribution < -0.4 is 5.32 Å². The number of nitrogens with zero attached hydrogens (tertiary/aromatic N) is 1. The molecule has 0 aromatic carbocycles. The molecular formula is C15H32N2O3. The van der Waals surface area contributed by atoms with Crippen molar-refractivity contribution in [1.82, 2.24) is 10.2 Å². The average Bonchev–Trinajstić information content (AvgIpc) is 2.43. The molecule has 1 aliphatic rings. The fourth-order valence-corrected chi connectivity index (χ4v) is 2.39. The van der Waals surface area contributed by atoms with E-state index in [-0.39, 0.29) is 5.54 Å². The smallest absolute Gasteiger partial charge is 0.0701 e. The Morgan fingerprint density at radius 2 is 1.75 bits per heavy atom. The molecule has 1 unspecified atom stereocenters. The molecule has 1 aliphatic heterocycles. The van der Waals surface area contributed by atoms with Crippen LogP contribution in [0.1, 0.15) is 27.2 Å². The number of hydrogen-bond donors (Lipinski definition) is 1. The molecule has 0 bridgehead atoms. The van der Waals surface area contributed by atoms with Crippen molar-refractivity contribution in [2.45, 2.75) is 38.8 Å². The van der Waals surface area contributed by atoms with Crippen molar-refractivity contribution < 1.29 is 14.2 Å². The van der Waals surface area contributed by atoms with Gasteiger partial charge in [-0.25, -0.2) is 0 Å². The van der Waals surface area contributed by atoms with Gasteiger partial charge in [0.05, 0.1) is 33.0 Å². The molecule has 0 spiro atoms. The van der Waals surface area contributed by atoms with Crippen LogP contribution in [0.2, 0.25) is 0 Å². The molecule has 0 aromatic heterocycles. The predicted molar refractivity (Wildman–Crippen MR) is 81.2 cm³/mol. The van der Waals surface area contributed by atoms with Crippen molar-refractivity contribution in [3.8, 4) is 0 Å². The topological polar surface area (TPSA) is 43.0 Å². The van der Waals surface area contributed by atoms with E-state index >= 15 is 0 Å². The summed E-state index contributed by atoms with van der Waals surface area (Å²) in [6, 6.07) is 0.611. The lowest BCUT2D eigenvalue weighted by molar-refractivity contribution is 0.000589. The Morgan fingerprint density at radius 3 is 2.40 bits per heavy atom. The number of ether oxygens (including phenoxy) is 3. The Labute approximate surface area is 123 Å². The highest BCUT2D eigenvalue weighted by atomic mass is 16.5. The zero-order valence-electron chi connectivity index (χ0n) is 13.6. The third-order valence-electron chi connectivity index (χ3n) is 3.92. The Morgan fingerprint density at radius 1 is 1.10 bits per heavy atom. The van der Waals surface area contributed by atoms with Crippen molar-refractivity contribution in [2.24, 2.45) is 0 Å². The van der Waals surface area contributed by atoms with Gasteiger partial charge in [0.25, 0.3) is 0 Å².